The highest BCUT2D eigenvalue weighted by Gasteiger charge is 2.39. The van der Waals surface area contributed by atoms with Gasteiger partial charge in [-0.3, -0.25) is 24.6 Å². The molecule has 53 heavy (non-hydrogen) atoms. The van der Waals surface area contributed by atoms with E-state index < -0.39 is 29.7 Å². The zero-order chi connectivity index (χ0) is 37.6. The number of nitrogens with one attached hydrogen (secondary N) is 2. The Bertz CT molecular complexity index is 2100. The number of likely N-dealkylation sites (tertiary alicyclic amines) is 1. The number of piperidine rings is 2. The van der Waals surface area contributed by atoms with Crippen molar-refractivity contribution in [2.24, 2.45) is 0 Å². The molecule has 2 saturated heterocycles. The molecule has 4 aromatic rings. The zero-order valence-electron chi connectivity index (χ0n) is 29.5. The summed E-state index contributed by atoms with van der Waals surface area (Å²) in [6.07, 6.45) is -2.61. The van der Waals surface area contributed by atoms with Gasteiger partial charge in [-0.25, -0.2) is 9.97 Å². The number of nitrogens with two attached hydrogens (primary N) is 1. The van der Waals surface area contributed by atoms with E-state index >= 15 is 0 Å². The Labute approximate surface area is 303 Å². The van der Waals surface area contributed by atoms with Crippen molar-refractivity contribution in [3.8, 4) is 11.5 Å². The molecule has 2 atom stereocenters. The average Bonchev–Trinajstić information content (AvgIpc) is 3.43. The zero-order valence-corrected chi connectivity index (χ0v) is 29.5. The van der Waals surface area contributed by atoms with E-state index in [2.05, 4.69) is 25.5 Å². The predicted molar refractivity (Wildman–Crippen MR) is 190 cm³/mol. The van der Waals surface area contributed by atoms with Gasteiger partial charge < -0.3 is 25.4 Å². The summed E-state index contributed by atoms with van der Waals surface area (Å²) < 4.78 is 52.7. The molecule has 7 rings (SSSR count). The summed E-state index contributed by atoms with van der Waals surface area (Å²) in [7, 11) is 1.55. The van der Waals surface area contributed by atoms with Crippen LogP contribution in [0.15, 0.2) is 48.5 Å². The van der Waals surface area contributed by atoms with Crippen LogP contribution >= 0.6 is 0 Å². The number of amides is 3. The summed E-state index contributed by atoms with van der Waals surface area (Å²) in [6.45, 7) is 6.04. The number of fused-ring (bicyclic) bond motifs is 2. The van der Waals surface area contributed by atoms with Crippen LogP contribution in [0.25, 0.3) is 10.9 Å². The molecular weight excluding hydrogens is 691 g/mol. The van der Waals surface area contributed by atoms with Crippen molar-refractivity contribution in [3.63, 3.8) is 0 Å². The molecule has 0 spiro atoms. The van der Waals surface area contributed by atoms with E-state index in [-0.39, 0.29) is 30.0 Å². The lowest BCUT2D eigenvalue weighted by Gasteiger charge is -2.32. The molecule has 3 aromatic carbocycles. The van der Waals surface area contributed by atoms with Crippen molar-refractivity contribution in [2.75, 3.05) is 31.2 Å². The maximum Gasteiger partial charge on any atom is 0.416 e. The van der Waals surface area contributed by atoms with Gasteiger partial charge in [0.2, 0.25) is 11.8 Å². The number of rotatable bonds is 9. The number of ether oxygens (including phenoxy) is 2. The third-order valence-corrected chi connectivity index (χ3v) is 10.1. The first kappa shape index (κ1) is 35.9. The predicted octanol–water partition coefficient (Wildman–Crippen LogP) is 5.53. The first-order chi connectivity index (χ1) is 25.2. The Hall–Kier alpha value is -5.44. The summed E-state index contributed by atoms with van der Waals surface area (Å²) in [6, 6.07) is 11.7. The Kier molecular flexibility index (Phi) is 9.62. The van der Waals surface area contributed by atoms with Crippen LogP contribution in [0.4, 0.5) is 24.7 Å². The maximum atomic E-state index is 13.5. The molecule has 2 unspecified atom stereocenters. The molecule has 1 aromatic heterocycles. The van der Waals surface area contributed by atoms with Crippen LogP contribution in [0, 0.1) is 6.92 Å². The number of nitrogen functional groups attached to an aromatic ring is 1. The number of halogens is 3. The van der Waals surface area contributed by atoms with Crippen LogP contribution in [0.5, 0.6) is 11.5 Å². The number of nitrogens with zero attached hydrogens (tertiary/aromatic N) is 4. The molecule has 0 saturated carbocycles. The van der Waals surface area contributed by atoms with Gasteiger partial charge in [0, 0.05) is 55.3 Å². The molecule has 15 heteroatoms. The number of imide groups is 1. The SMILES string of the molecule is COc1cc2nc(C)nc(NC(C)c3cc(N)cc(C(F)(F)F)c3)c2cc1OC1CCN(Cc2ccc3c(c2)CN(C2CCC(=O)NC2=O)C3=O)CC1. The lowest BCUT2D eigenvalue weighted by atomic mass is 10.0. The van der Waals surface area contributed by atoms with E-state index in [1.807, 2.05) is 18.2 Å². The monoisotopic (exact) mass is 731 g/mol. The third-order valence-electron chi connectivity index (χ3n) is 10.1. The van der Waals surface area contributed by atoms with Gasteiger partial charge in [-0.2, -0.15) is 13.2 Å². The molecule has 3 aliphatic heterocycles. The number of aromatic nitrogens is 2. The van der Waals surface area contributed by atoms with Crippen LogP contribution < -0.4 is 25.8 Å². The number of hydrogen-bond acceptors (Lipinski definition) is 10. The van der Waals surface area contributed by atoms with Gasteiger partial charge in [0.15, 0.2) is 11.5 Å². The standard InChI is InChI=1S/C38H40F3N7O5/c1-20(23-13-25(38(39,40)41)15-26(42)14-23)43-35-29-16-33(32(52-3)17-30(29)44-21(2)45-35)53-27-8-10-47(11-9-27)18-22-4-5-28-24(12-22)19-48(37(28)51)31-6-7-34(49)46-36(31)50/h4-5,12-17,20,27,31H,6-11,18-19,42H2,1-3H3,(H,43,44,45)(H,46,49,50). The maximum absolute atomic E-state index is 13.5. The van der Waals surface area contributed by atoms with Crippen LogP contribution in [0.3, 0.4) is 0 Å². The number of methoxy groups -OCH3 is 1. The molecule has 3 amide bonds. The lowest BCUT2D eigenvalue weighted by molar-refractivity contribution is -0.138. The summed E-state index contributed by atoms with van der Waals surface area (Å²) >= 11 is 0. The van der Waals surface area contributed by atoms with E-state index in [0.717, 1.165) is 49.2 Å². The molecule has 3 aliphatic rings. The van der Waals surface area contributed by atoms with Crippen LogP contribution in [-0.2, 0) is 28.9 Å². The normalized spacial score (nSPS) is 18.9. The minimum atomic E-state index is -4.53. The number of benzene rings is 3. The molecule has 12 nitrogen and oxygen atoms in total. The van der Waals surface area contributed by atoms with Gasteiger partial charge >= 0.3 is 6.18 Å². The molecule has 0 aliphatic carbocycles. The van der Waals surface area contributed by atoms with Crippen LogP contribution in [-0.4, -0.2) is 69.8 Å². The van der Waals surface area contributed by atoms with Gasteiger partial charge in [-0.1, -0.05) is 12.1 Å². The second-order valence-electron chi connectivity index (χ2n) is 13.9. The molecule has 2 fully saturated rings. The molecule has 4 heterocycles. The molecule has 4 N–H and O–H groups in total. The van der Waals surface area contributed by atoms with Gasteiger partial charge in [0.25, 0.3) is 5.91 Å². The largest absolute Gasteiger partial charge is 0.493 e. The minimum Gasteiger partial charge on any atom is -0.493 e. The molecule has 278 valence electrons. The third kappa shape index (κ3) is 7.56. The summed E-state index contributed by atoms with van der Waals surface area (Å²) in [5.41, 5.74) is 8.50. The Balaban J connectivity index is 1.01. The Morgan fingerprint density at radius 3 is 2.51 bits per heavy atom. The summed E-state index contributed by atoms with van der Waals surface area (Å²) in [5, 5.41) is 6.22. The lowest BCUT2D eigenvalue weighted by Crippen LogP contribution is -2.52. The second kappa shape index (κ2) is 14.2. The van der Waals surface area contributed by atoms with Crippen molar-refractivity contribution < 1.29 is 37.0 Å². The van der Waals surface area contributed by atoms with E-state index in [9.17, 15) is 27.6 Å². The topological polar surface area (TPSA) is 152 Å². The fourth-order valence-electron chi connectivity index (χ4n) is 7.34. The number of aryl methyl sites for hydroxylation is 1. The fourth-order valence-corrected chi connectivity index (χ4v) is 7.34. The molecular formula is C38H40F3N7O5. The first-order valence-electron chi connectivity index (χ1n) is 17.5. The average molecular weight is 732 g/mol. The molecule has 0 bridgehead atoms. The van der Waals surface area contributed by atoms with Gasteiger partial charge in [-0.05, 0) is 80.1 Å². The van der Waals surface area contributed by atoms with Gasteiger partial charge in [0.05, 0.1) is 24.2 Å². The van der Waals surface area contributed by atoms with E-state index in [1.165, 1.54) is 6.07 Å². The quantitative estimate of drug-likeness (QED) is 0.148. The Morgan fingerprint density at radius 1 is 1.02 bits per heavy atom. The number of carbonyl (C=O) groups excluding carboxylic acids is 3. The highest BCUT2D eigenvalue weighted by molar-refractivity contribution is 6.05. The highest BCUT2D eigenvalue weighted by Crippen LogP contribution is 2.38. The number of hydrogen-bond donors (Lipinski definition) is 3. The second-order valence-corrected chi connectivity index (χ2v) is 13.9. The van der Waals surface area contributed by atoms with Gasteiger partial charge in [0.1, 0.15) is 23.8 Å². The number of anilines is 2. The molecule has 0 radical (unpaired) electrons. The van der Waals surface area contributed by atoms with Crippen LogP contribution in [0.2, 0.25) is 0 Å². The number of carbonyl (C=O) groups is 3. The van der Waals surface area contributed by atoms with Crippen molar-refractivity contribution in [3.05, 3.63) is 82.2 Å². The van der Waals surface area contributed by atoms with Crippen LogP contribution in [0.1, 0.15) is 77.1 Å². The van der Waals surface area contributed by atoms with Crippen molar-refractivity contribution in [1.82, 2.24) is 25.1 Å². The Morgan fingerprint density at radius 2 is 1.79 bits per heavy atom. The first-order valence-corrected chi connectivity index (χ1v) is 17.5. The fraction of sp³-hybridized carbons (Fsp3) is 0.395. The minimum absolute atomic E-state index is 0.0146. The van der Waals surface area contributed by atoms with Crippen molar-refractivity contribution in [2.45, 2.75) is 77.0 Å². The van der Waals surface area contributed by atoms with Gasteiger partial charge in [-0.15, -0.1) is 0 Å². The highest BCUT2D eigenvalue weighted by atomic mass is 19.4. The number of alkyl halides is 3. The smallest absolute Gasteiger partial charge is 0.416 e. The van der Waals surface area contributed by atoms with E-state index in [4.69, 9.17) is 15.2 Å². The van der Waals surface area contributed by atoms with E-state index in [0.29, 0.717) is 64.7 Å². The van der Waals surface area contributed by atoms with E-state index in [1.54, 1.807) is 38.0 Å². The van der Waals surface area contributed by atoms with Crippen molar-refractivity contribution in [1.29, 1.82) is 0 Å². The van der Waals surface area contributed by atoms with Crippen molar-refractivity contribution >= 4 is 40.1 Å². The summed E-state index contributed by atoms with van der Waals surface area (Å²) in [5.74, 6) is 0.990. The summed E-state index contributed by atoms with van der Waals surface area (Å²) in [4.78, 5) is 50.2.